The van der Waals surface area contributed by atoms with Gasteiger partial charge in [-0.2, -0.15) is 0 Å². The Kier molecular flexibility index (Phi) is 3.86. The van der Waals surface area contributed by atoms with E-state index in [9.17, 15) is 15.0 Å². The fraction of sp³-hybridized carbons (Fsp3) is 0.533. The molecule has 1 aromatic carbocycles. The van der Waals surface area contributed by atoms with Crippen molar-refractivity contribution in [2.24, 2.45) is 0 Å². The molecule has 0 unspecified atom stereocenters. The number of ketones is 1. The van der Waals surface area contributed by atoms with Crippen molar-refractivity contribution in [3.63, 3.8) is 0 Å². The Bertz CT molecular complexity index is 578. The van der Waals surface area contributed by atoms with Crippen molar-refractivity contribution in [3.05, 3.63) is 17.2 Å². The molecule has 0 spiro atoms. The first-order valence-electron chi connectivity index (χ1n) is 6.59. The maximum Gasteiger partial charge on any atom is 0.167 e. The predicted molar refractivity (Wildman–Crippen MR) is 75.2 cm³/mol. The van der Waals surface area contributed by atoms with Crippen LogP contribution in [0.3, 0.4) is 0 Å². The summed E-state index contributed by atoms with van der Waals surface area (Å²) in [5.41, 5.74) is -0.496. The highest BCUT2D eigenvalue weighted by Crippen LogP contribution is 2.49. The first-order chi connectivity index (χ1) is 9.74. The molecule has 2 atom stereocenters. The molecular formula is C15H20O6. The zero-order valence-electron chi connectivity index (χ0n) is 12.8. The number of methoxy groups -OCH3 is 2. The summed E-state index contributed by atoms with van der Waals surface area (Å²) in [6, 6.07) is 1.53. The second kappa shape index (κ2) is 5.20. The SMILES string of the molecule is COc1cc2c(c(OC)c1C(C)=O)[C@H](O)[C@H](O)C(C)(C)O2. The monoisotopic (exact) mass is 296 g/mol. The van der Waals surface area contributed by atoms with E-state index in [1.807, 2.05) is 0 Å². The van der Waals surface area contributed by atoms with E-state index < -0.39 is 17.8 Å². The molecule has 1 aliphatic heterocycles. The summed E-state index contributed by atoms with van der Waals surface area (Å²) < 4.78 is 16.2. The molecule has 0 aromatic heterocycles. The lowest BCUT2D eigenvalue weighted by Crippen LogP contribution is -2.48. The zero-order valence-corrected chi connectivity index (χ0v) is 12.8. The minimum absolute atomic E-state index is 0.166. The third-order valence-corrected chi connectivity index (χ3v) is 3.70. The standard InChI is InChI=1S/C15H20O6/c1-7(16)10-8(19-4)6-9-11(13(10)20-5)12(17)14(18)15(2,3)21-9/h6,12,14,17-18H,1-5H3/t12-,14-/m0/s1. The van der Waals surface area contributed by atoms with E-state index >= 15 is 0 Å². The molecule has 1 heterocycles. The molecule has 1 aromatic rings. The molecule has 0 saturated heterocycles. The predicted octanol–water partition coefficient (Wildman–Crippen LogP) is 1.47. The minimum atomic E-state index is -1.22. The van der Waals surface area contributed by atoms with Gasteiger partial charge in [0.1, 0.15) is 40.6 Å². The van der Waals surface area contributed by atoms with Gasteiger partial charge in [0.25, 0.3) is 0 Å². The van der Waals surface area contributed by atoms with Gasteiger partial charge in [0.2, 0.25) is 0 Å². The van der Waals surface area contributed by atoms with Crippen LogP contribution in [0.4, 0.5) is 0 Å². The number of carbonyl (C=O) groups is 1. The van der Waals surface area contributed by atoms with E-state index in [2.05, 4.69) is 0 Å². The van der Waals surface area contributed by atoms with Crippen molar-refractivity contribution in [1.29, 1.82) is 0 Å². The largest absolute Gasteiger partial charge is 0.496 e. The molecule has 0 bridgehead atoms. The van der Waals surface area contributed by atoms with E-state index in [4.69, 9.17) is 14.2 Å². The smallest absolute Gasteiger partial charge is 0.167 e. The zero-order chi connectivity index (χ0) is 15.9. The summed E-state index contributed by atoms with van der Waals surface area (Å²) in [6.07, 6.45) is -2.37. The Labute approximate surface area is 123 Å². The van der Waals surface area contributed by atoms with Gasteiger partial charge in [0, 0.05) is 6.07 Å². The number of hydrogen-bond acceptors (Lipinski definition) is 6. The molecule has 21 heavy (non-hydrogen) atoms. The van der Waals surface area contributed by atoms with E-state index in [1.165, 1.54) is 27.2 Å². The van der Waals surface area contributed by atoms with Gasteiger partial charge in [-0.25, -0.2) is 0 Å². The Morgan fingerprint density at radius 3 is 2.38 bits per heavy atom. The number of ether oxygens (including phenoxy) is 3. The average Bonchev–Trinajstić information content (AvgIpc) is 2.42. The quantitative estimate of drug-likeness (QED) is 0.822. The second-order valence-electron chi connectivity index (χ2n) is 5.55. The van der Waals surface area contributed by atoms with Crippen LogP contribution in [-0.4, -0.2) is 41.9 Å². The highest BCUT2D eigenvalue weighted by Gasteiger charge is 2.45. The van der Waals surface area contributed by atoms with Gasteiger partial charge < -0.3 is 24.4 Å². The fourth-order valence-electron chi connectivity index (χ4n) is 2.58. The fourth-order valence-corrected chi connectivity index (χ4v) is 2.58. The molecule has 6 nitrogen and oxygen atoms in total. The van der Waals surface area contributed by atoms with Crippen molar-refractivity contribution in [2.75, 3.05) is 14.2 Å². The van der Waals surface area contributed by atoms with Gasteiger partial charge in [-0.1, -0.05) is 0 Å². The summed E-state index contributed by atoms with van der Waals surface area (Å²) in [4.78, 5) is 11.9. The van der Waals surface area contributed by atoms with Crippen molar-refractivity contribution >= 4 is 5.78 Å². The number of rotatable bonds is 3. The number of hydrogen-bond donors (Lipinski definition) is 2. The highest BCUT2D eigenvalue weighted by molar-refractivity contribution is 6.00. The second-order valence-corrected chi connectivity index (χ2v) is 5.55. The van der Waals surface area contributed by atoms with Gasteiger partial charge >= 0.3 is 0 Å². The van der Waals surface area contributed by atoms with Crippen LogP contribution in [0.25, 0.3) is 0 Å². The summed E-state index contributed by atoms with van der Waals surface area (Å²) in [6.45, 7) is 4.71. The Morgan fingerprint density at radius 1 is 1.29 bits per heavy atom. The lowest BCUT2D eigenvalue weighted by atomic mass is 9.86. The van der Waals surface area contributed by atoms with Crippen molar-refractivity contribution < 1.29 is 29.2 Å². The molecule has 0 aliphatic carbocycles. The number of Topliss-reactive ketones (excluding diaryl/α,β-unsaturated/α-hetero) is 1. The lowest BCUT2D eigenvalue weighted by Gasteiger charge is -2.40. The molecule has 116 valence electrons. The van der Waals surface area contributed by atoms with Gasteiger partial charge in [-0.3, -0.25) is 4.79 Å². The lowest BCUT2D eigenvalue weighted by molar-refractivity contribution is -0.112. The first-order valence-corrected chi connectivity index (χ1v) is 6.59. The Morgan fingerprint density at radius 2 is 1.90 bits per heavy atom. The number of carbonyl (C=O) groups excluding carboxylic acids is 1. The van der Waals surface area contributed by atoms with Gasteiger partial charge in [0.15, 0.2) is 5.78 Å². The molecule has 2 N–H and O–H groups in total. The van der Waals surface area contributed by atoms with Gasteiger partial charge in [0.05, 0.1) is 19.8 Å². The first kappa shape index (κ1) is 15.6. The molecule has 0 amide bonds. The number of aliphatic hydroxyl groups is 2. The summed E-state index contributed by atoms with van der Waals surface area (Å²) in [5, 5.41) is 20.6. The summed E-state index contributed by atoms with van der Waals surface area (Å²) >= 11 is 0. The van der Waals surface area contributed by atoms with Gasteiger partial charge in [-0.15, -0.1) is 0 Å². The van der Waals surface area contributed by atoms with Crippen LogP contribution in [0.2, 0.25) is 0 Å². The van der Waals surface area contributed by atoms with Crippen LogP contribution in [0.15, 0.2) is 6.07 Å². The average molecular weight is 296 g/mol. The molecular weight excluding hydrogens is 276 g/mol. The molecule has 1 aliphatic rings. The van der Waals surface area contributed by atoms with E-state index in [1.54, 1.807) is 13.8 Å². The van der Waals surface area contributed by atoms with Crippen LogP contribution < -0.4 is 14.2 Å². The van der Waals surface area contributed by atoms with Crippen LogP contribution in [-0.2, 0) is 0 Å². The van der Waals surface area contributed by atoms with E-state index in [0.29, 0.717) is 11.5 Å². The van der Waals surface area contributed by atoms with Crippen molar-refractivity contribution in [2.45, 2.75) is 38.6 Å². The summed E-state index contributed by atoms with van der Waals surface area (Å²) in [7, 11) is 2.83. The Balaban J connectivity index is 2.77. The normalized spacial score (nSPS) is 23.0. The van der Waals surface area contributed by atoms with E-state index in [-0.39, 0.29) is 22.7 Å². The van der Waals surface area contributed by atoms with Gasteiger partial charge in [-0.05, 0) is 20.8 Å². The Hall–Kier alpha value is -1.79. The third-order valence-electron chi connectivity index (χ3n) is 3.70. The van der Waals surface area contributed by atoms with Crippen molar-refractivity contribution in [3.8, 4) is 17.2 Å². The molecule has 0 saturated carbocycles. The highest BCUT2D eigenvalue weighted by atomic mass is 16.5. The topological polar surface area (TPSA) is 85.2 Å². The van der Waals surface area contributed by atoms with Crippen LogP contribution in [0, 0.1) is 0 Å². The van der Waals surface area contributed by atoms with Crippen LogP contribution in [0.1, 0.15) is 42.8 Å². The maximum atomic E-state index is 11.9. The molecule has 0 fully saturated rings. The van der Waals surface area contributed by atoms with Crippen LogP contribution in [0.5, 0.6) is 17.2 Å². The molecule has 2 rings (SSSR count). The number of fused-ring (bicyclic) bond motifs is 1. The van der Waals surface area contributed by atoms with Crippen molar-refractivity contribution in [1.82, 2.24) is 0 Å². The van der Waals surface area contributed by atoms with Crippen LogP contribution >= 0.6 is 0 Å². The number of benzene rings is 1. The molecule has 0 radical (unpaired) electrons. The van der Waals surface area contributed by atoms with E-state index in [0.717, 1.165) is 0 Å². The maximum absolute atomic E-state index is 11.9. The number of aliphatic hydroxyl groups excluding tert-OH is 2. The third kappa shape index (κ3) is 2.34. The summed E-state index contributed by atoms with van der Waals surface area (Å²) in [5.74, 6) is 0.533. The molecule has 6 heteroatoms. The minimum Gasteiger partial charge on any atom is -0.496 e.